The van der Waals surface area contributed by atoms with E-state index in [1.165, 1.54) is 6.07 Å². The Bertz CT molecular complexity index is 4070. The molecule has 0 bridgehead atoms. The Labute approximate surface area is 517 Å². The molecule has 0 saturated heterocycles. The van der Waals surface area contributed by atoms with Gasteiger partial charge in [-0.3, -0.25) is 4.79 Å². The quantitative estimate of drug-likeness (QED) is 0.0467. The molecule has 89 heavy (non-hydrogen) atoms. The zero-order valence-corrected chi connectivity index (χ0v) is 48.9. The van der Waals surface area contributed by atoms with Crippen LogP contribution < -0.4 is 48.1 Å². The molecule has 0 amide bonds. The molecule has 11 heteroatoms. The normalized spacial score (nSPS) is 10.9. The van der Waals surface area contributed by atoms with E-state index in [9.17, 15) is 4.79 Å². The summed E-state index contributed by atoms with van der Waals surface area (Å²) in [6, 6.07) is 89.6. The van der Waals surface area contributed by atoms with Crippen LogP contribution in [0.3, 0.4) is 0 Å². The highest BCUT2D eigenvalue weighted by Crippen LogP contribution is 2.36. The van der Waals surface area contributed by atoms with E-state index in [2.05, 4.69) is 0 Å². The Morgan fingerprint density at radius 1 is 0.236 bits per heavy atom. The molecule has 1 heterocycles. The summed E-state index contributed by atoms with van der Waals surface area (Å²) in [7, 11) is 0. The molecule has 11 nitrogen and oxygen atoms in total. The second kappa shape index (κ2) is 29.3. The Morgan fingerprint density at radius 3 is 0.820 bits per heavy atom. The SMILES string of the molecule is O=c1cc(-c2ccc(OCc3cc(OCc4ccccc4)cc(OCc4ccccc4)c3)cc2)oc2cc(OCc3cc(OCc4ccccc4)cc(OCc4ccccc4)c3)cc(OCc3cc(OCc4ccccc4)cc(OCc4ccccc4)c3)c12. The van der Waals surface area contributed by atoms with Crippen molar-refractivity contribution in [2.24, 2.45) is 0 Å². The second-order valence-electron chi connectivity index (χ2n) is 21.2. The molecule has 1 aromatic heterocycles. The Morgan fingerprint density at radius 2 is 0.506 bits per heavy atom. The lowest BCUT2D eigenvalue weighted by Crippen LogP contribution is -2.06. The molecular formula is C78H64O11. The lowest BCUT2D eigenvalue weighted by atomic mass is 10.1. The van der Waals surface area contributed by atoms with Crippen LogP contribution in [0.25, 0.3) is 22.3 Å². The number of hydrogen-bond donors (Lipinski definition) is 0. The van der Waals surface area contributed by atoms with Gasteiger partial charge in [-0.25, -0.2) is 0 Å². The molecule has 12 aromatic rings. The van der Waals surface area contributed by atoms with E-state index in [0.717, 1.165) is 50.1 Å². The van der Waals surface area contributed by atoms with Gasteiger partial charge in [0, 0.05) is 42.0 Å². The summed E-state index contributed by atoms with van der Waals surface area (Å²) in [5.41, 5.74) is 9.20. The van der Waals surface area contributed by atoms with Crippen molar-refractivity contribution < 1.29 is 47.0 Å². The molecule has 0 unspecified atom stereocenters. The topological polar surface area (TPSA) is 113 Å². The maximum Gasteiger partial charge on any atom is 0.197 e. The number of hydrogen-bond acceptors (Lipinski definition) is 11. The maximum atomic E-state index is 14.6. The van der Waals surface area contributed by atoms with Crippen molar-refractivity contribution in [2.45, 2.75) is 59.5 Å². The van der Waals surface area contributed by atoms with Gasteiger partial charge in [0.1, 0.15) is 128 Å². The summed E-state index contributed by atoms with van der Waals surface area (Å²) in [5, 5.41) is 0.244. The van der Waals surface area contributed by atoms with Crippen LogP contribution in [0, 0.1) is 0 Å². The zero-order chi connectivity index (χ0) is 60.2. The van der Waals surface area contributed by atoms with Crippen molar-refractivity contribution in [2.75, 3.05) is 0 Å². The standard InChI is InChI=1S/C78H64O11/c79-74-46-75(65-31-33-66(34-32-65)80-53-62-35-67(81-47-56-19-7-1-8-20-56)41-68(36-62)82-48-57-21-9-2-10-22-57)89-77-45-73(87-54-63-37-69(83-49-58-23-11-3-12-24-58)42-70(38-63)84-50-59-25-13-4-14-26-59)44-76(78(74)77)88-55-64-39-71(85-51-60-27-15-5-16-28-60)43-72(40-64)86-52-61-29-17-6-18-30-61/h1-46H,47-55H2. The molecule has 0 atom stereocenters. The van der Waals surface area contributed by atoms with Gasteiger partial charge in [0.15, 0.2) is 5.43 Å². The number of ether oxygens (including phenoxy) is 9. The first-order valence-electron chi connectivity index (χ1n) is 29.4. The van der Waals surface area contributed by atoms with Crippen LogP contribution in [0.1, 0.15) is 50.1 Å². The monoisotopic (exact) mass is 1180 g/mol. The summed E-state index contributed by atoms with van der Waals surface area (Å²) >= 11 is 0. The third-order valence-corrected chi connectivity index (χ3v) is 14.4. The highest BCUT2D eigenvalue weighted by Gasteiger charge is 2.18. The molecule has 0 saturated carbocycles. The minimum Gasteiger partial charge on any atom is -0.489 e. The van der Waals surface area contributed by atoms with Crippen molar-refractivity contribution in [1.82, 2.24) is 0 Å². The number of benzene rings is 11. The van der Waals surface area contributed by atoms with E-state index < -0.39 is 0 Å². The fourth-order valence-electron chi connectivity index (χ4n) is 9.87. The van der Waals surface area contributed by atoms with E-state index >= 15 is 0 Å². The van der Waals surface area contributed by atoms with Crippen LogP contribution in [0.4, 0.5) is 0 Å². The van der Waals surface area contributed by atoms with Crippen molar-refractivity contribution in [3.05, 3.63) is 339 Å². The third kappa shape index (κ3) is 16.8. The fraction of sp³-hybridized carbons (Fsp3) is 0.115. The molecule has 0 aliphatic heterocycles. The second-order valence-corrected chi connectivity index (χ2v) is 21.2. The molecule has 0 aliphatic rings. The van der Waals surface area contributed by atoms with E-state index in [4.69, 9.17) is 47.0 Å². The van der Waals surface area contributed by atoms with Crippen molar-refractivity contribution in [3.63, 3.8) is 0 Å². The number of fused-ring (bicyclic) bond motifs is 1. The van der Waals surface area contributed by atoms with Gasteiger partial charge >= 0.3 is 0 Å². The Kier molecular flexibility index (Phi) is 19.2. The smallest absolute Gasteiger partial charge is 0.197 e. The molecule has 0 N–H and O–H groups in total. The fourth-order valence-corrected chi connectivity index (χ4v) is 9.87. The van der Waals surface area contributed by atoms with E-state index in [0.29, 0.717) is 97.0 Å². The largest absolute Gasteiger partial charge is 0.489 e. The van der Waals surface area contributed by atoms with E-state index in [1.807, 2.05) is 261 Å². The van der Waals surface area contributed by atoms with Crippen LogP contribution in [0.5, 0.6) is 51.7 Å². The molecule has 442 valence electrons. The van der Waals surface area contributed by atoms with E-state index in [-0.39, 0.29) is 42.0 Å². The van der Waals surface area contributed by atoms with Crippen LogP contribution in [-0.2, 0) is 59.5 Å². The van der Waals surface area contributed by atoms with Crippen molar-refractivity contribution in [3.8, 4) is 63.1 Å². The Balaban J connectivity index is 0.821. The van der Waals surface area contributed by atoms with Crippen LogP contribution in [0.2, 0.25) is 0 Å². The molecule has 12 rings (SSSR count). The van der Waals surface area contributed by atoms with Crippen molar-refractivity contribution >= 4 is 11.0 Å². The maximum absolute atomic E-state index is 14.6. The number of rotatable bonds is 28. The van der Waals surface area contributed by atoms with E-state index in [1.54, 1.807) is 12.1 Å². The summed E-state index contributed by atoms with van der Waals surface area (Å²) in [6.45, 7) is 2.61. The summed E-state index contributed by atoms with van der Waals surface area (Å²) < 4.78 is 64.3. The molecule has 0 spiro atoms. The summed E-state index contributed by atoms with van der Waals surface area (Å²) in [5.74, 6) is 5.36. The molecule has 0 radical (unpaired) electrons. The Hall–Kier alpha value is -11.2. The first-order valence-corrected chi connectivity index (χ1v) is 29.4. The lowest BCUT2D eigenvalue weighted by molar-refractivity contribution is 0.277. The van der Waals surface area contributed by atoms with Gasteiger partial charge in [-0.1, -0.05) is 182 Å². The lowest BCUT2D eigenvalue weighted by Gasteiger charge is -2.16. The molecular weight excluding hydrogens is 1110 g/mol. The minimum absolute atomic E-state index is 0.0430. The van der Waals surface area contributed by atoms with Crippen molar-refractivity contribution in [1.29, 1.82) is 0 Å². The van der Waals surface area contributed by atoms with Gasteiger partial charge < -0.3 is 47.0 Å². The van der Waals surface area contributed by atoms with Gasteiger partial charge in [-0.2, -0.15) is 0 Å². The van der Waals surface area contributed by atoms with Crippen LogP contribution in [0.15, 0.2) is 288 Å². The zero-order valence-electron chi connectivity index (χ0n) is 48.9. The molecule has 0 aliphatic carbocycles. The minimum atomic E-state index is -0.307. The third-order valence-electron chi connectivity index (χ3n) is 14.4. The first-order chi connectivity index (χ1) is 43.9. The van der Waals surface area contributed by atoms with Gasteiger partial charge in [-0.05, 0) is 111 Å². The predicted octanol–water partition coefficient (Wildman–Crippen LogP) is 17.7. The summed E-state index contributed by atoms with van der Waals surface area (Å²) in [4.78, 5) is 14.6. The van der Waals surface area contributed by atoms with Gasteiger partial charge in [0.05, 0.1) is 0 Å². The highest BCUT2D eigenvalue weighted by atomic mass is 16.5. The van der Waals surface area contributed by atoms with Gasteiger partial charge in [-0.15, -0.1) is 0 Å². The van der Waals surface area contributed by atoms with Crippen LogP contribution in [-0.4, -0.2) is 0 Å². The average molecular weight is 1180 g/mol. The van der Waals surface area contributed by atoms with Gasteiger partial charge in [0.2, 0.25) is 0 Å². The summed E-state index contributed by atoms with van der Waals surface area (Å²) in [6.07, 6.45) is 0. The first kappa shape index (κ1) is 58.2. The van der Waals surface area contributed by atoms with Gasteiger partial charge in [0.25, 0.3) is 0 Å². The molecule has 0 fully saturated rings. The average Bonchev–Trinajstić information content (AvgIpc) is 1.72. The van der Waals surface area contributed by atoms with Crippen LogP contribution >= 0.6 is 0 Å². The predicted molar refractivity (Wildman–Crippen MR) is 345 cm³/mol. The molecule has 11 aromatic carbocycles. The highest BCUT2D eigenvalue weighted by molar-refractivity contribution is 5.86.